The summed E-state index contributed by atoms with van der Waals surface area (Å²) in [4.78, 5) is 4.91. The van der Waals surface area contributed by atoms with E-state index in [1.165, 1.54) is 53.3 Å². The Hall–Kier alpha value is -5.58. The number of hydrogen-bond donors (Lipinski definition) is 0. The summed E-state index contributed by atoms with van der Waals surface area (Å²) in [5.74, 6) is 2.21. The molecule has 9 aromatic rings. The number of nitrogens with zero attached hydrogens (tertiary/aromatic N) is 4. The Morgan fingerprint density at radius 3 is 1.93 bits per heavy atom. The van der Waals surface area contributed by atoms with Crippen molar-refractivity contribution < 1.29 is 13.4 Å². The second-order valence-corrected chi connectivity index (χ2v) is 25.2. The standard InChI is InChI=1S/C35H29N4O.2C9H11.Bi/c1-35(2,3)24-18-19-36-34(20-24)39-30-13-6-5-12-28(30)29-17-16-27(22-33(29)39)40-26-11-9-10-25(21-26)38-23-37(4)31-14-7-8-15-32(31)38;2*1-7-4-8(2)6-9(3)5-7;/h5-8,10-22H,1-4H3;2*4-5H,1-3H3;/i4D3;;;. The van der Waals surface area contributed by atoms with Gasteiger partial charge in [-0.3, -0.25) is 0 Å². The summed E-state index contributed by atoms with van der Waals surface area (Å²) in [6.07, 6.45) is 5.15. The van der Waals surface area contributed by atoms with Gasteiger partial charge in [-0.25, -0.2) is 0 Å². The Bertz CT molecular complexity index is 3120. The summed E-state index contributed by atoms with van der Waals surface area (Å²) in [6.45, 7) is 17.6. The zero-order valence-corrected chi connectivity index (χ0v) is 38.7. The van der Waals surface area contributed by atoms with Gasteiger partial charge in [-0.2, -0.15) is 0 Å². The van der Waals surface area contributed by atoms with Gasteiger partial charge in [-0.1, -0.05) is 20.8 Å². The molecule has 0 aliphatic rings. The maximum absolute atomic E-state index is 8.44. The topological polar surface area (TPSA) is 35.9 Å². The van der Waals surface area contributed by atoms with Gasteiger partial charge in [0.15, 0.2) is 0 Å². The van der Waals surface area contributed by atoms with Crippen LogP contribution in [0.25, 0.3) is 44.3 Å². The zero-order chi connectivity index (χ0) is 43.8. The van der Waals surface area contributed by atoms with E-state index in [-0.39, 0.29) is 5.41 Å². The van der Waals surface area contributed by atoms with Crippen molar-refractivity contribution in [3.8, 4) is 23.0 Å². The Morgan fingerprint density at radius 2 is 1.27 bits per heavy atom. The summed E-state index contributed by atoms with van der Waals surface area (Å²) < 4.78 is 41.9. The fraction of sp³-hybridized carbons (Fsp3) is 0.208. The Morgan fingerprint density at radius 1 is 0.644 bits per heavy atom. The third kappa shape index (κ3) is 7.06. The van der Waals surface area contributed by atoms with Gasteiger partial charge in [-0.15, -0.1) is 0 Å². The van der Waals surface area contributed by atoms with Crippen molar-refractivity contribution in [3.63, 3.8) is 0 Å². The van der Waals surface area contributed by atoms with Crippen LogP contribution in [0.2, 0.25) is 0 Å². The van der Waals surface area contributed by atoms with E-state index >= 15 is 0 Å². The third-order valence-corrected chi connectivity index (χ3v) is 23.4. The van der Waals surface area contributed by atoms with Crippen LogP contribution in [0.4, 0.5) is 0 Å². The van der Waals surface area contributed by atoms with Crippen LogP contribution in [0, 0.1) is 47.9 Å². The minimum absolute atomic E-state index is 0.0489. The molecular formula is C53H51BiN4O. The van der Waals surface area contributed by atoms with Crippen molar-refractivity contribution >= 4 is 64.4 Å². The Balaban J connectivity index is 1.30. The van der Waals surface area contributed by atoms with Crippen LogP contribution in [-0.4, -0.2) is 35.9 Å². The number of fused-ring (bicyclic) bond motifs is 4. The molecule has 3 aromatic heterocycles. The number of rotatable bonds is 7. The molecular weight excluding hydrogens is 918 g/mol. The minimum atomic E-state index is -3.22. The number of imidazole rings is 1. The van der Waals surface area contributed by atoms with Gasteiger partial charge in [0, 0.05) is 0 Å². The number of para-hydroxylation sites is 3. The molecule has 0 amide bonds. The Labute approximate surface area is 360 Å². The van der Waals surface area contributed by atoms with Crippen LogP contribution in [0.15, 0.2) is 128 Å². The molecule has 9 rings (SSSR count). The molecule has 0 spiro atoms. The molecule has 5 nitrogen and oxygen atoms in total. The van der Waals surface area contributed by atoms with Crippen molar-refractivity contribution in [2.75, 3.05) is 0 Å². The number of aromatic nitrogens is 4. The van der Waals surface area contributed by atoms with Crippen molar-refractivity contribution in [1.29, 1.82) is 0 Å². The summed E-state index contributed by atoms with van der Waals surface area (Å²) in [5, 5.41) is 2.25. The van der Waals surface area contributed by atoms with Gasteiger partial charge in [0.25, 0.3) is 0 Å². The summed E-state index contributed by atoms with van der Waals surface area (Å²) in [7, 11) is 0. The van der Waals surface area contributed by atoms with E-state index in [4.69, 9.17) is 13.8 Å². The van der Waals surface area contributed by atoms with Crippen LogP contribution in [0.5, 0.6) is 11.5 Å². The van der Waals surface area contributed by atoms with E-state index in [0.717, 1.165) is 38.8 Å². The van der Waals surface area contributed by atoms with Gasteiger partial charge >= 0.3 is 342 Å². The molecule has 294 valence electrons. The van der Waals surface area contributed by atoms with Gasteiger partial charge in [0.2, 0.25) is 0 Å². The molecule has 0 unspecified atom stereocenters. The molecule has 0 saturated carbocycles. The SMILES string of the molecule is [2H]C([2H])([2H])[n+]1[c-]n(-c2cc(Oc3ccc4c5ccccc5n(-c5cc(C(C)(C)C)ccn5)c4c3)c[c]([Bi]([c]3c(C)cc(C)cc3C)[c]3c(C)cc(C)cc3C)c2)c2ccccc21. The van der Waals surface area contributed by atoms with Crippen molar-refractivity contribution in [2.24, 2.45) is 6.98 Å². The molecule has 0 aliphatic heterocycles. The average molecular weight is 972 g/mol. The molecule has 0 radical (unpaired) electrons. The number of hydrogen-bond acceptors (Lipinski definition) is 2. The predicted molar refractivity (Wildman–Crippen MR) is 247 cm³/mol. The van der Waals surface area contributed by atoms with Crippen LogP contribution >= 0.6 is 0 Å². The van der Waals surface area contributed by atoms with Gasteiger partial charge in [-0.05, 0) is 0 Å². The van der Waals surface area contributed by atoms with Crippen LogP contribution < -0.4 is 19.1 Å². The average Bonchev–Trinajstić information content (AvgIpc) is 3.76. The quantitative estimate of drug-likeness (QED) is 0.0907. The number of pyridine rings is 1. The monoisotopic (exact) mass is 971 g/mol. The van der Waals surface area contributed by atoms with E-state index in [1.807, 2.05) is 47.2 Å². The second kappa shape index (κ2) is 14.9. The van der Waals surface area contributed by atoms with E-state index in [2.05, 4.69) is 158 Å². The number of aryl methyl sites for hydroxylation is 7. The van der Waals surface area contributed by atoms with Gasteiger partial charge in [0.1, 0.15) is 0 Å². The first-order valence-corrected chi connectivity index (χ1v) is 25.4. The van der Waals surface area contributed by atoms with Gasteiger partial charge in [0.05, 0.1) is 0 Å². The number of ether oxygens (including phenoxy) is 1. The third-order valence-electron chi connectivity index (χ3n) is 11.4. The number of benzene rings is 6. The molecule has 0 atom stereocenters. The van der Waals surface area contributed by atoms with Crippen molar-refractivity contribution in [3.05, 3.63) is 173 Å². The zero-order valence-electron chi connectivity index (χ0n) is 38.3. The van der Waals surface area contributed by atoms with E-state index in [9.17, 15) is 0 Å². The molecule has 0 aliphatic carbocycles. The second-order valence-electron chi connectivity index (χ2n) is 17.1. The first kappa shape index (κ1) is 35.4. The molecule has 0 bridgehead atoms. The van der Waals surface area contributed by atoms with Gasteiger partial charge < -0.3 is 0 Å². The summed E-state index contributed by atoms with van der Waals surface area (Å²) in [6, 6.07) is 42.5. The van der Waals surface area contributed by atoms with Crippen LogP contribution in [-0.2, 0) is 12.4 Å². The molecule has 0 fully saturated rings. The van der Waals surface area contributed by atoms with Crippen LogP contribution in [0.1, 0.15) is 63.8 Å². The predicted octanol–water partition coefficient (Wildman–Crippen LogP) is 10.2. The molecule has 6 aromatic carbocycles. The molecule has 0 N–H and O–H groups in total. The van der Waals surface area contributed by atoms with E-state index in [1.54, 1.807) is 0 Å². The molecule has 3 heterocycles. The molecule has 0 saturated heterocycles. The summed E-state index contributed by atoms with van der Waals surface area (Å²) in [5.41, 5.74) is 13.0. The van der Waals surface area contributed by atoms with E-state index < -0.39 is 28.7 Å². The first-order chi connectivity index (χ1) is 29.5. The molecule has 6 heteroatoms. The normalized spacial score (nSPS) is 13.0. The van der Waals surface area contributed by atoms with Crippen molar-refractivity contribution in [1.82, 2.24) is 14.1 Å². The maximum atomic E-state index is 8.44. The van der Waals surface area contributed by atoms with E-state index in [0.29, 0.717) is 17.0 Å². The fourth-order valence-corrected chi connectivity index (χ4v) is 20.3. The fourth-order valence-electron chi connectivity index (χ4n) is 8.96. The molecule has 59 heavy (non-hydrogen) atoms. The summed E-state index contributed by atoms with van der Waals surface area (Å²) >= 11 is -3.22. The first-order valence-electron chi connectivity index (χ1n) is 21.7. The Kier molecular flexibility index (Phi) is 8.94. The van der Waals surface area contributed by atoms with Crippen LogP contribution in [0.3, 0.4) is 0 Å². The van der Waals surface area contributed by atoms with Crippen molar-refractivity contribution in [2.45, 2.75) is 67.7 Å².